The highest BCUT2D eigenvalue weighted by molar-refractivity contribution is 6.30. The fraction of sp³-hybridized carbons (Fsp3) is 0.600. The molecular weight excluding hydrogens is 260 g/mol. The molecule has 3 nitrogen and oxygen atoms in total. The van der Waals surface area contributed by atoms with Gasteiger partial charge in [0.1, 0.15) is 0 Å². The monoisotopic (exact) mass is 280 g/mol. The van der Waals surface area contributed by atoms with Gasteiger partial charge in [0.25, 0.3) is 0 Å². The SMILES string of the molecule is Cc1cc(Cl)ccc1C1C(CN)OCCN1C1CC1. The first-order chi connectivity index (χ1) is 9.20. The average molecular weight is 281 g/mol. The Bertz CT molecular complexity index is 461. The van der Waals surface area contributed by atoms with E-state index in [2.05, 4.69) is 17.9 Å². The molecule has 104 valence electrons. The molecule has 0 spiro atoms. The van der Waals surface area contributed by atoms with Crippen LogP contribution in [0.25, 0.3) is 0 Å². The molecule has 2 aliphatic rings. The second-order valence-corrected chi connectivity index (χ2v) is 6.00. The van der Waals surface area contributed by atoms with Gasteiger partial charge in [-0.15, -0.1) is 0 Å². The summed E-state index contributed by atoms with van der Waals surface area (Å²) in [6.45, 7) is 4.49. The third-order valence-electron chi connectivity index (χ3n) is 4.19. The van der Waals surface area contributed by atoms with Gasteiger partial charge < -0.3 is 10.5 Å². The van der Waals surface area contributed by atoms with E-state index in [1.54, 1.807) is 0 Å². The third kappa shape index (κ3) is 2.65. The number of benzene rings is 1. The van der Waals surface area contributed by atoms with E-state index < -0.39 is 0 Å². The number of halogens is 1. The Labute approximate surface area is 119 Å². The highest BCUT2D eigenvalue weighted by atomic mass is 35.5. The van der Waals surface area contributed by atoms with Gasteiger partial charge in [-0.25, -0.2) is 0 Å². The summed E-state index contributed by atoms with van der Waals surface area (Å²) in [5.74, 6) is 0. The van der Waals surface area contributed by atoms with Gasteiger partial charge in [0.05, 0.1) is 18.8 Å². The topological polar surface area (TPSA) is 38.5 Å². The van der Waals surface area contributed by atoms with Crippen LogP contribution >= 0.6 is 11.6 Å². The van der Waals surface area contributed by atoms with Crippen LogP contribution in [-0.4, -0.2) is 36.7 Å². The Morgan fingerprint density at radius 1 is 1.42 bits per heavy atom. The zero-order chi connectivity index (χ0) is 13.4. The van der Waals surface area contributed by atoms with Crippen molar-refractivity contribution in [1.82, 2.24) is 4.90 Å². The normalized spacial score (nSPS) is 28.6. The summed E-state index contributed by atoms with van der Waals surface area (Å²) in [6, 6.07) is 7.14. The Kier molecular flexibility index (Phi) is 3.81. The Morgan fingerprint density at radius 3 is 2.84 bits per heavy atom. The fourth-order valence-corrected chi connectivity index (χ4v) is 3.34. The number of morpholine rings is 1. The van der Waals surface area contributed by atoms with Crippen LogP contribution in [0.15, 0.2) is 18.2 Å². The lowest BCUT2D eigenvalue weighted by Crippen LogP contribution is -2.49. The second-order valence-electron chi connectivity index (χ2n) is 5.56. The van der Waals surface area contributed by atoms with Gasteiger partial charge in [-0.05, 0) is 43.0 Å². The average Bonchev–Trinajstić information content (AvgIpc) is 3.22. The predicted octanol–water partition coefficient (Wildman–Crippen LogP) is 2.51. The van der Waals surface area contributed by atoms with E-state index in [0.717, 1.165) is 24.2 Å². The molecular formula is C15H21ClN2O. The minimum Gasteiger partial charge on any atom is -0.374 e. The maximum absolute atomic E-state index is 6.07. The quantitative estimate of drug-likeness (QED) is 0.925. The third-order valence-corrected chi connectivity index (χ3v) is 4.42. The first-order valence-corrected chi connectivity index (χ1v) is 7.42. The van der Waals surface area contributed by atoms with Crippen LogP contribution in [0.3, 0.4) is 0 Å². The molecule has 1 aliphatic heterocycles. The lowest BCUT2D eigenvalue weighted by Gasteiger charge is -2.42. The molecule has 2 atom stereocenters. The van der Waals surface area contributed by atoms with E-state index in [1.165, 1.54) is 24.0 Å². The summed E-state index contributed by atoms with van der Waals surface area (Å²) < 4.78 is 5.89. The molecule has 0 aromatic heterocycles. The largest absolute Gasteiger partial charge is 0.374 e. The lowest BCUT2D eigenvalue weighted by atomic mass is 9.94. The van der Waals surface area contributed by atoms with Crippen LogP contribution in [0.2, 0.25) is 5.02 Å². The van der Waals surface area contributed by atoms with Crippen molar-refractivity contribution in [2.75, 3.05) is 19.7 Å². The molecule has 2 unspecified atom stereocenters. The first-order valence-electron chi connectivity index (χ1n) is 7.04. The van der Waals surface area contributed by atoms with E-state index in [0.29, 0.717) is 6.54 Å². The van der Waals surface area contributed by atoms with Crippen molar-refractivity contribution in [3.05, 3.63) is 34.3 Å². The van der Waals surface area contributed by atoms with Crippen LogP contribution in [-0.2, 0) is 4.74 Å². The van der Waals surface area contributed by atoms with Crippen molar-refractivity contribution >= 4 is 11.6 Å². The van der Waals surface area contributed by atoms with Gasteiger partial charge >= 0.3 is 0 Å². The van der Waals surface area contributed by atoms with Crippen LogP contribution in [0, 0.1) is 6.92 Å². The minimum atomic E-state index is 0.0919. The molecule has 1 aromatic carbocycles. The number of hydrogen-bond donors (Lipinski definition) is 1. The summed E-state index contributed by atoms with van der Waals surface area (Å²) in [7, 11) is 0. The van der Waals surface area contributed by atoms with E-state index in [1.807, 2.05) is 12.1 Å². The number of nitrogens with two attached hydrogens (primary N) is 1. The number of rotatable bonds is 3. The summed E-state index contributed by atoms with van der Waals surface area (Å²) in [5, 5.41) is 0.792. The summed E-state index contributed by atoms with van der Waals surface area (Å²) in [5.41, 5.74) is 8.46. The fourth-order valence-electron chi connectivity index (χ4n) is 3.12. The molecule has 1 aliphatic carbocycles. The molecule has 2 N–H and O–H groups in total. The van der Waals surface area contributed by atoms with E-state index in [4.69, 9.17) is 22.1 Å². The molecule has 1 saturated heterocycles. The van der Waals surface area contributed by atoms with Crippen molar-refractivity contribution in [2.45, 2.75) is 38.0 Å². The van der Waals surface area contributed by atoms with Crippen molar-refractivity contribution in [1.29, 1.82) is 0 Å². The van der Waals surface area contributed by atoms with Crippen molar-refractivity contribution in [3.8, 4) is 0 Å². The maximum atomic E-state index is 6.07. The minimum absolute atomic E-state index is 0.0919. The molecule has 0 bridgehead atoms. The van der Waals surface area contributed by atoms with Crippen molar-refractivity contribution in [3.63, 3.8) is 0 Å². The Morgan fingerprint density at radius 2 is 2.21 bits per heavy atom. The highest BCUT2D eigenvalue weighted by Crippen LogP contribution is 2.39. The molecule has 2 fully saturated rings. The van der Waals surface area contributed by atoms with Crippen molar-refractivity contribution < 1.29 is 4.74 Å². The van der Waals surface area contributed by atoms with Crippen LogP contribution in [0.1, 0.15) is 30.0 Å². The first kappa shape index (κ1) is 13.4. The molecule has 1 saturated carbocycles. The number of ether oxygens (including phenoxy) is 1. The van der Waals surface area contributed by atoms with Gasteiger partial charge in [0.15, 0.2) is 0 Å². The number of nitrogens with zero attached hydrogens (tertiary/aromatic N) is 1. The summed E-state index contributed by atoms with van der Waals surface area (Å²) >= 11 is 6.07. The second kappa shape index (κ2) is 5.41. The molecule has 0 amide bonds. The smallest absolute Gasteiger partial charge is 0.0894 e. The van der Waals surface area contributed by atoms with Crippen LogP contribution < -0.4 is 5.73 Å². The lowest BCUT2D eigenvalue weighted by molar-refractivity contribution is -0.0714. The van der Waals surface area contributed by atoms with Gasteiger partial charge in [0.2, 0.25) is 0 Å². The Hall–Kier alpha value is -0.610. The molecule has 0 radical (unpaired) electrons. The highest BCUT2D eigenvalue weighted by Gasteiger charge is 2.41. The van der Waals surface area contributed by atoms with E-state index in [9.17, 15) is 0 Å². The number of hydrogen-bond acceptors (Lipinski definition) is 3. The van der Waals surface area contributed by atoms with Crippen LogP contribution in [0.4, 0.5) is 0 Å². The predicted molar refractivity (Wildman–Crippen MR) is 77.5 cm³/mol. The summed E-state index contributed by atoms with van der Waals surface area (Å²) in [4.78, 5) is 2.58. The summed E-state index contributed by atoms with van der Waals surface area (Å²) in [6.07, 6.45) is 2.70. The number of aryl methyl sites for hydroxylation is 1. The van der Waals surface area contributed by atoms with Gasteiger partial charge in [-0.3, -0.25) is 4.90 Å². The van der Waals surface area contributed by atoms with Gasteiger partial charge in [-0.2, -0.15) is 0 Å². The van der Waals surface area contributed by atoms with E-state index in [-0.39, 0.29) is 12.1 Å². The zero-order valence-electron chi connectivity index (χ0n) is 11.3. The maximum Gasteiger partial charge on any atom is 0.0894 e. The Balaban J connectivity index is 1.95. The van der Waals surface area contributed by atoms with Gasteiger partial charge in [-0.1, -0.05) is 17.7 Å². The van der Waals surface area contributed by atoms with Crippen LogP contribution in [0.5, 0.6) is 0 Å². The van der Waals surface area contributed by atoms with Crippen molar-refractivity contribution in [2.24, 2.45) is 5.73 Å². The van der Waals surface area contributed by atoms with E-state index >= 15 is 0 Å². The standard InChI is InChI=1S/C15H21ClN2O/c1-10-8-11(16)2-5-13(10)15-14(9-17)19-7-6-18(15)12-3-4-12/h2,5,8,12,14-15H,3-4,6-7,9,17H2,1H3. The molecule has 3 rings (SSSR count). The molecule has 4 heteroatoms. The zero-order valence-corrected chi connectivity index (χ0v) is 12.1. The molecule has 1 heterocycles. The molecule has 1 aromatic rings. The molecule has 19 heavy (non-hydrogen) atoms. The van der Waals surface area contributed by atoms with Gasteiger partial charge in [0, 0.05) is 24.2 Å².